The predicted molar refractivity (Wildman–Crippen MR) is 129 cm³/mol. The van der Waals surface area contributed by atoms with Crippen LogP contribution in [0.3, 0.4) is 0 Å². The van der Waals surface area contributed by atoms with Gasteiger partial charge in [0.05, 0.1) is 31.3 Å². The third-order valence-corrected chi connectivity index (χ3v) is 9.09. The molecule has 0 saturated heterocycles. The van der Waals surface area contributed by atoms with Crippen LogP contribution in [0.4, 0.5) is 11.4 Å². The summed E-state index contributed by atoms with van der Waals surface area (Å²) in [4.78, 5) is 2.51. The Balaban J connectivity index is 2.03. The van der Waals surface area contributed by atoms with E-state index in [0.717, 1.165) is 17.1 Å². The van der Waals surface area contributed by atoms with Crippen molar-refractivity contribution in [2.24, 2.45) is 0 Å². The molecule has 3 nitrogen and oxygen atoms in total. The van der Waals surface area contributed by atoms with Crippen molar-refractivity contribution in [2.75, 3.05) is 19.1 Å². The van der Waals surface area contributed by atoms with Crippen LogP contribution in [0.2, 0.25) is 0 Å². The Labute approximate surface area is 181 Å². The summed E-state index contributed by atoms with van der Waals surface area (Å²) < 4.78 is 11.5. The molecule has 30 heavy (non-hydrogen) atoms. The summed E-state index contributed by atoms with van der Waals surface area (Å²) >= 11 is 0. The number of anilines is 2. The van der Waals surface area contributed by atoms with Crippen LogP contribution in [0.1, 0.15) is 27.7 Å². The largest absolute Gasteiger partial charge is 0.496 e. The van der Waals surface area contributed by atoms with Crippen molar-refractivity contribution >= 4 is 24.6 Å². The van der Waals surface area contributed by atoms with E-state index in [1.807, 2.05) is 18.2 Å². The second kappa shape index (κ2) is 7.96. The minimum absolute atomic E-state index is 0.151. The molecule has 0 N–H and O–H groups in total. The number of hydrogen-bond acceptors (Lipinski definition) is 3. The van der Waals surface area contributed by atoms with E-state index in [0.29, 0.717) is 5.78 Å². The van der Waals surface area contributed by atoms with E-state index in [1.54, 1.807) is 14.2 Å². The molecule has 0 bridgehead atoms. The molecule has 1 heterocycles. The number of para-hydroxylation sites is 1. The van der Waals surface area contributed by atoms with E-state index in [1.165, 1.54) is 22.2 Å². The van der Waals surface area contributed by atoms with Crippen LogP contribution in [-0.4, -0.2) is 25.2 Å². The first kappa shape index (κ1) is 20.8. The molecular weight excluding hydrogens is 389 g/mol. The monoisotopic (exact) mass is 419 g/mol. The Kier molecular flexibility index (Phi) is 5.51. The quantitative estimate of drug-likeness (QED) is 0.435. The second-order valence-electron chi connectivity index (χ2n) is 8.59. The molecular formula is C26H30NO2P. The molecule has 1 aliphatic heterocycles. The molecule has 2 unspecified atom stereocenters. The molecule has 2 atom stereocenters. The molecule has 0 fully saturated rings. The van der Waals surface area contributed by atoms with Crippen LogP contribution in [0.15, 0.2) is 66.7 Å². The maximum atomic E-state index is 5.77. The average molecular weight is 420 g/mol. The van der Waals surface area contributed by atoms with Gasteiger partial charge < -0.3 is 14.4 Å². The third kappa shape index (κ3) is 3.36. The van der Waals surface area contributed by atoms with Crippen molar-refractivity contribution in [1.29, 1.82) is 0 Å². The van der Waals surface area contributed by atoms with E-state index in [4.69, 9.17) is 9.47 Å². The zero-order valence-corrected chi connectivity index (χ0v) is 19.5. The van der Waals surface area contributed by atoms with Crippen molar-refractivity contribution < 1.29 is 9.47 Å². The SMILES string of the molecule is COc1cccc(OC)c1-c1cccc2c1P(C(C)(C)C)C(C)N2c1ccccc1. The minimum atomic E-state index is -0.491. The molecule has 3 aromatic rings. The maximum Gasteiger partial charge on any atom is 0.130 e. The summed E-state index contributed by atoms with van der Waals surface area (Å²) in [7, 11) is 2.97. The predicted octanol–water partition coefficient (Wildman–Crippen LogP) is 6.77. The van der Waals surface area contributed by atoms with Crippen LogP contribution in [0.5, 0.6) is 11.5 Å². The lowest BCUT2D eigenvalue weighted by Gasteiger charge is -2.35. The number of hydrogen-bond donors (Lipinski definition) is 0. The molecule has 0 saturated carbocycles. The molecule has 0 amide bonds. The number of methoxy groups -OCH3 is 2. The fourth-order valence-electron chi connectivity index (χ4n) is 4.64. The Bertz CT molecular complexity index is 1020. The Morgan fingerprint density at radius 2 is 1.40 bits per heavy atom. The first-order chi connectivity index (χ1) is 14.4. The van der Waals surface area contributed by atoms with Gasteiger partial charge >= 0.3 is 0 Å². The molecule has 1 aliphatic rings. The van der Waals surface area contributed by atoms with Crippen LogP contribution >= 0.6 is 7.92 Å². The van der Waals surface area contributed by atoms with Gasteiger partial charge in [-0.3, -0.25) is 0 Å². The van der Waals surface area contributed by atoms with Gasteiger partial charge in [0, 0.05) is 11.0 Å². The lowest BCUT2D eigenvalue weighted by molar-refractivity contribution is 0.397. The lowest BCUT2D eigenvalue weighted by atomic mass is 10.0. The highest BCUT2D eigenvalue weighted by molar-refractivity contribution is 7.69. The molecule has 4 heteroatoms. The van der Waals surface area contributed by atoms with Gasteiger partial charge in [0.2, 0.25) is 0 Å². The van der Waals surface area contributed by atoms with Crippen molar-refractivity contribution in [1.82, 2.24) is 0 Å². The van der Waals surface area contributed by atoms with E-state index in [2.05, 4.69) is 81.1 Å². The van der Waals surface area contributed by atoms with Crippen LogP contribution in [0.25, 0.3) is 11.1 Å². The van der Waals surface area contributed by atoms with Gasteiger partial charge in [-0.05, 0) is 55.9 Å². The van der Waals surface area contributed by atoms with Crippen molar-refractivity contribution in [3.05, 3.63) is 66.7 Å². The third-order valence-electron chi connectivity index (χ3n) is 5.72. The van der Waals surface area contributed by atoms with Gasteiger partial charge in [-0.25, -0.2) is 0 Å². The summed E-state index contributed by atoms with van der Waals surface area (Å²) in [6, 6.07) is 23.4. The highest BCUT2D eigenvalue weighted by Gasteiger charge is 2.44. The van der Waals surface area contributed by atoms with Gasteiger partial charge in [0.15, 0.2) is 0 Å². The Morgan fingerprint density at radius 3 is 1.97 bits per heavy atom. The van der Waals surface area contributed by atoms with Crippen molar-refractivity contribution in [3.63, 3.8) is 0 Å². The fourth-order valence-corrected chi connectivity index (χ4v) is 8.17. The minimum Gasteiger partial charge on any atom is -0.496 e. The summed E-state index contributed by atoms with van der Waals surface area (Å²) in [6.45, 7) is 9.46. The zero-order valence-electron chi connectivity index (χ0n) is 18.6. The smallest absolute Gasteiger partial charge is 0.130 e. The topological polar surface area (TPSA) is 21.7 Å². The first-order valence-corrected chi connectivity index (χ1v) is 11.8. The first-order valence-electron chi connectivity index (χ1n) is 10.4. The second-order valence-corrected chi connectivity index (χ2v) is 11.9. The summed E-state index contributed by atoms with van der Waals surface area (Å²) in [5, 5.41) is 1.58. The standard InChI is InChI=1S/C26H30NO2P/c1-18-27(19-12-8-7-9-13-19)21-15-10-14-20(25(21)30(18)26(2,3)4)24-22(28-5)16-11-17-23(24)29-6/h7-18H,1-6H3. The fraction of sp³-hybridized carbons (Fsp3) is 0.308. The number of ether oxygens (including phenoxy) is 2. The van der Waals surface area contributed by atoms with E-state index in [-0.39, 0.29) is 5.16 Å². The average Bonchev–Trinajstić information content (AvgIpc) is 3.05. The van der Waals surface area contributed by atoms with Crippen LogP contribution in [-0.2, 0) is 0 Å². The van der Waals surface area contributed by atoms with E-state index < -0.39 is 7.92 Å². The highest BCUT2D eigenvalue weighted by atomic mass is 31.1. The molecule has 3 aromatic carbocycles. The number of rotatable bonds is 4. The number of nitrogens with zero attached hydrogens (tertiary/aromatic N) is 1. The molecule has 0 aliphatic carbocycles. The Morgan fingerprint density at radius 1 is 0.800 bits per heavy atom. The normalized spacial score (nSPS) is 18.3. The van der Waals surface area contributed by atoms with Gasteiger partial charge in [-0.1, -0.05) is 57.2 Å². The number of fused-ring (bicyclic) bond motifs is 1. The summed E-state index contributed by atoms with van der Waals surface area (Å²) in [5.41, 5.74) is 4.79. The van der Waals surface area contributed by atoms with E-state index in [9.17, 15) is 0 Å². The molecule has 4 rings (SSSR count). The number of benzene rings is 3. The maximum absolute atomic E-state index is 5.77. The van der Waals surface area contributed by atoms with Gasteiger partial charge in [-0.15, -0.1) is 0 Å². The molecule has 156 valence electrons. The molecule has 0 spiro atoms. The van der Waals surface area contributed by atoms with Crippen molar-refractivity contribution in [2.45, 2.75) is 38.6 Å². The zero-order chi connectivity index (χ0) is 21.5. The van der Waals surface area contributed by atoms with Gasteiger partial charge in [-0.2, -0.15) is 0 Å². The Hall–Kier alpha value is -2.51. The van der Waals surface area contributed by atoms with Crippen LogP contribution < -0.4 is 19.7 Å². The van der Waals surface area contributed by atoms with E-state index >= 15 is 0 Å². The van der Waals surface area contributed by atoms with Gasteiger partial charge in [0.1, 0.15) is 11.5 Å². The van der Waals surface area contributed by atoms with Crippen LogP contribution in [0, 0.1) is 0 Å². The summed E-state index contributed by atoms with van der Waals surface area (Å²) in [5.74, 6) is 2.08. The molecule has 0 aromatic heterocycles. The summed E-state index contributed by atoms with van der Waals surface area (Å²) in [6.07, 6.45) is 0. The van der Waals surface area contributed by atoms with Gasteiger partial charge in [0.25, 0.3) is 0 Å². The van der Waals surface area contributed by atoms with Crippen molar-refractivity contribution in [3.8, 4) is 22.6 Å². The highest BCUT2D eigenvalue weighted by Crippen LogP contribution is 2.63. The molecule has 0 radical (unpaired) electrons. The lowest BCUT2D eigenvalue weighted by Crippen LogP contribution is -2.27.